The molecule has 0 radical (unpaired) electrons. The van der Waals surface area contributed by atoms with Gasteiger partial charge in [0, 0.05) is 25.2 Å². The molecule has 0 bridgehead atoms. The Morgan fingerprint density at radius 1 is 0.936 bits per heavy atom. The molecule has 2 fully saturated rings. The molecule has 0 aromatic heterocycles. The molecule has 0 saturated carbocycles. The second kappa shape index (κ2) is 17.8. The van der Waals surface area contributed by atoms with Crippen molar-refractivity contribution in [3.05, 3.63) is 47.5 Å². The Morgan fingerprint density at radius 2 is 1.60 bits per heavy atom. The third kappa shape index (κ3) is 9.91. The molecule has 5 atom stereocenters. The number of hydrogen-bond acceptors (Lipinski definition) is 6. The molecule has 47 heavy (non-hydrogen) atoms. The third-order valence-electron chi connectivity index (χ3n) is 9.74. The van der Waals surface area contributed by atoms with E-state index in [-0.39, 0.29) is 59.8 Å². The van der Waals surface area contributed by atoms with Crippen molar-refractivity contribution in [2.45, 2.75) is 137 Å². The summed E-state index contributed by atoms with van der Waals surface area (Å²) in [6, 6.07) is 8.04. The van der Waals surface area contributed by atoms with Gasteiger partial charge in [0.2, 0.25) is 17.7 Å². The molecule has 2 saturated heterocycles. The smallest absolute Gasteiger partial charge is 0.329 e. The molecule has 3 amide bonds. The van der Waals surface area contributed by atoms with Gasteiger partial charge in [-0.3, -0.25) is 19.3 Å². The van der Waals surface area contributed by atoms with E-state index < -0.39 is 12.1 Å². The van der Waals surface area contributed by atoms with Gasteiger partial charge in [-0.2, -0.15) is 0 Å². The summed E-state index contributed by atoms with van der Waals surface area (Å²) in [7, 11) is 1.75. The number of nitrogens with one attached hydrogen (secondary N) is 1. The van der Waals surface area contributed by atoms with Gasteiger partial charge in [-0.25, -0.2) is 4.79 Å². The van der Waals surface area contributed by atoms with E-state index in [4.69, 9.17) is 4.74 Å². The van der Waals surface area contributed by atoms with E-state index >= 15 is 0 Å². The Labute approximate surface area is 283 Å². The summed E-state index contributed by atoms with van der Waals surface area (Å²) in [6.45, 7) is 17.3. The van der Waals surface area contributed by atoms with Crippen LogP contribution in [-0.2, 0) is 23.9 Å². The molecule has 1 unspecified atom stereocenters. The Balaban J connectivity index is 1.74. The van der Waals surface area contributed by atoms with Crippen molar-refractivity contribution in [1.82, 2.24) is 20.0 Å². The van der Waals surface area contributed by atoms with Crippen LogP contribution in [0.3, 0.4) is 0 Å². The SMILES string of the molecule is CCC[C@H](OC(=O)[C@@H]1CCCN1C(=O)C(C)=C[C@H](C(C)C)N(C)C(=O)[C@@H](NC(=O)C1CCCCN1C(C)C)C(C)C)c1ccccc1. The maximum Gasteiger partial charge on any atom is 0.329 e. The average Bonchev–Trinajstić information content (AvgIpc) is 3.55. The van der Waals surface area contributed by atoms with Crippen LogP contribution in [0.2, 0.25) is 0 Å². The topological polar surface area (TPSA) is 99.3 Å². The van der Waals surface area contributed by atoms with E-state index in [1.165, 1.54) is 0 Å². The largest absolute Gasteiger partial charge is 0.456 e. The van der Waals surface area contributed by atoms with Crippen LogP contribution < -0.4 is 5.32 Å². The van der Waals surface area contributed by atoms with Crippen LogP contribution in [0.1, 0.15) is 112 Å². The number of hydrogen-bond donors (Lipinski definition) is 1. The summed E-state index contributed by atoms with van der Waals surface area (Å²) in [4.78, 5) is 60.3. The molecule has 262 valence electrons. The van der Waals surface area contributed by atoms with Crippen molar-refractivity contribution in [2.75, 3.05) is 20.1 Å². The minimum absolute atomic E-state index is 0.00463. The molecule has 2 aliphatic heterocycles. The van der Waals surface area contributed by atoms with Crippen molar-refractivity contribution in [3.63, 3.8) is 0 Å². The average molecular weight is 653 g/mol. The first kappa shape index (κ1) is 38.2. The van der Waals surface area contributed by atoms with E-state index in [2.05, 4.69) is 31.0 Å². The van der Waals surface area contributed by atoms with E-state index in [1.807, 2.05) is 64.1 Å². The standard InChI is InChI=1S/C38H60N4O5/c1-10-17-33(29-18-12-11-13-19-29)47-38(46)31-21-16-23-42(31)36(44)28(8)24-32(25(2)3)40(9)37(45)34(26(4)5)39-35(43)30-20-14-15-22-41(30)27(6)7/h11-13,18-19,24-27,30-34H,10,14-17,20-23H2,1-9H3,(H,39,43)/t30?,31-,32+,33-,34-/m0/s1. The van der Waals surface area contributed by atoms with Gasteiger partial charge in [0.05, 0.1) is 12.1 Å². The Morgan fingerprint density at radius 3 is 2.19 bits per heavy atom. The number of nitrogens with zero attached hydrogens (tertiary/aromatic N) is 3. The molecule has 1 aromatic carbocycles. The minimum Gasteiger partial charge on any atom is -0.456 e. The number of amides is 3. The van der Waals surface area contributed by atoms with E-state index in [1.54, 1.807) is 23.8 Å². The normalized spacial score (nSPS) is 21.1. The Kier molecular flexibility index (Phi) is 14.5. The van der Waals surface area contributed by atoms with Gasteiger partial charge in [0.15, 0.2) is 0 Å². The second-order valence-electron chi connectivity index (χ2n) is 14.4. The van der Waals surface area contributed by atoms with Gasteiger partial charge in [-0.15, -0.1) is 0 Å². The van der Waals surface area contributed by atoms with Crippen LogP contribution in [-0.4, -0.2) is 88.7 Å². The lowest BCUT2D eigenvalue weighted by Crippen LogP contribution is -2.58. The van der Waals surface area contributed by atoms with E-state index in [0.717, 1.165) is 44.2 Å². The van der Waals surface area contributed by atoms with Gasteiger partial charge in [0.1, 0.15) is 18.2 Å². The molecule has 2 aliphatic rings. The van der Waals surface area contributed by atoms with Crippen LogP contribution in [0.5, 0.6) is 0 Å². The van der Waals surface area contributed by atoms with Crippen LogP contribution in [0.4, 0.5) is 0 Å². The first-order valence-electron chi connectivity index (χ1n) is 17.9. The van der Waals surface area contributed by atoms with Crippen molar-refractivity contribution in [3.8, 4) is 0 Å². The molecule has 0 aliphatic carbocycles. The highest BCUT2D eigenvalue weighted by atomic mass is 16.5. The third-order valence-corrected chi connectivity index (χ3v) is 9.74. The lowest BCUT2D eigenvalue weighted by molar-refractivity contribution is -0.158. The lowest BCUT2D eigenvalue weighted by atomic mass is 9.95. The summed E-state index contributed by atoms with van der Waals surface area (Å²) in [5.41, 5.74) is 1.44. The number of ether oxygens (including phenoxy) is 1. The molecule has 1 N–H and O–H groups in total. The van der Waals surface area contributed by atoms with Crippen LogP contribution >= 0.6 is 0 Å². The maximum atomic E-state index is 14.0. The lowest BCUT2D eigenvalue weighted by Gasteiger charge is -2.39. The van der Waals surface area contributed by atoms with Crippen LogP contribution in [0.25, 0.3) is 0 Å². The number of carbonyl (C=O) groups is 4. The number of rotatable bonds is 14. The first-order chi connectivity index (χ1) is 22.3. The van der Waals surface area contributed by atoms with Crippen molar-refractivity contribution in [2.24, 2.45) is 11.8 Å². The predicted octanol–water partition coefficient (Wildman–Crippen LogP) is 5.90. The molecule has 3 rings (SSSR count). The highest BCUT2D eigenvalue weighted by Crippen LogP contribution is 2.28. The second-order valence-corrected chi connectivity index (χ2v) is 14.4. The Hall–Kier alpha value is -3.20. The minimum atomic E-state index is -0.687. The quantitative estimate of drug-likeness (QED) is 0.199. The highest BCUT2D eigenvalue weighted by molar-refractivity contribution is 5.96. The number of likely N-dealkylation sites (N-methyl/N-ethyl adjacent to an activating group) is 1. The molecular weight excluding hydrogens is 592 g/mol. The van der Waals surface area contributed by atoms with Crippen LogP contribution in [0.15, 0.2) is 42.0 Å². The van der Waals surface area contributed by atoms with Gasteiger partial charge in [-0.05, 0) is 76.8 Å². The molecule has 9 heteroatoms. The van der Waals surface area contributed by atoms with Crippen molar-refractivity contribution < 1.29 is 23.9 Å². The van der Waals surface area contributed by atoms with Crippen molar-refractivity contribution in [1.29, 1.82) is 0 Å². The Bertz CT molecular complexity index is 1230. The summed E-state index contributed by atoms with van der Waals surface area (Å²) >= 11 is 0. The molecule has 9 nitrogen and oxygen atoms in total. The molecule has 1 aromatic rings. The van der Waals surface area contributed by atoms with E-state index in [9.17, 15) is 19.2 Å². The molecular formula is C38H60N4O5. The fourth-order valence-electron chi connectivity index (χ4n) is 6.99. The van der Waals surface area contributed by atoms with Gasteiger partial charge < -0.3 is 19.9 Å². The zero-order valence-corrected chi connectivity index (χ0v) is 30.3. The zero-order valence-electron chi connectivity index (χ0n) is 30.3. The highest BCUT2D eigenvalue weighted by Gasteiger charge is 2.39. The monoisotopic (exact) mass is 652 g/mol. The van der Waals surface area contributed by atoms with Crippen molar-refractivity contribution >= 4 is 23.7 Å². The van der Waals surface area contributed by atoms with Gasteiger partial charge >= 0.3 is 5.97 Å². The summed E-state index contributed by atoms with van der Waals surface area (Å²) in [5, 5.41) is 3.10. The number of piperidine rings is 1. The molecule has 0 spiro atoms. The zero-order chi connectivity index (χ0) is 34.8. The first-order valence-corrected chi connectivity index (χ1v) is 17.9. The summed E-state index contributed by atoms with van der Waals surface area (Å²) in [6.07, 6.45) is 7.20. The van der Waals surface area contributed by atoms with Gasteiger partial charge in [-0.1, -0.05) is 83.9 Å². The predicted molar refractivity (Wildman–Crippen MR) is 186 cm³/mol. The van der Waals surface area contributed by atoms with Crippen LogP contribution in [0, 0.1) is 11.8 Å². The number of carbonyl (C=O) groups excluding carboxylic acids is 4. The number of benzene rings is 1. The summed E-state index contributed by atoms with van der Waals surface area (Å²) < 4.78 is 6.01. The number of likely N-dealkylation sites (tertiary alicyclic amines) is 2. The van der Waals surface area contributed by atoms with E-state index in [0.29, 0.717) is 25.0 Å². The summed E-state index contributed by atoms with van der Waals surface area (Å²) in [5.74, 6) is -0.979. The number of esters is 1. The fraction of sp³-hybridized carbons (Fsp3) is 0.684. The fourth-order valence-corrected chi connectivity index (χ4v) is 6.99. The van der Waals surface area contributed by atoms with Gasteiger partial charge in [0.25, 0.3) is 0 Å². The molecule has 2 heterocycles. The maximum absolute atomic E-state index is 14.0.